The highest BCUT2D eigenvalue weighted by molar-refractivity contribution is 7.90. The van der Waals surface area contributed by atoms with Gasteiger partial charge in [-0.1, -0.05) is 25.8 Å². The van der Waals surface area contributed by atoms with Crippen LogP contribution in [0.5, 0.6) is 0 Å². The zero-order valence-electron chi connectivity index (χ0n) is 11.1. The monoisotopic (exact) mass is 284 g/mol. The first-order valence-corrected chi connectivity index (χ1v) is 8.06. The highest BCUT2D eigenvalue weighted by Crippen LogP contribution is 2.18. The Labute approximate surface area is 113 Å². The molecule has 0 heterocycles. The number of hydrogen-bond acceptors (Lipinski definition) is 4. The van der Waals surface area contributed by atoms with Crippen molar-refractivity contribution < 1.29 is 13.2 Å². The van der Waals surface area contributed by atoms with Gasteiger partial charge >= 0.3 is 0 Å². The summed E-state index contributed by atoms with van der Waals surface area (Å²) in [4.78, 5) is 11.0. The van der Waals surface area contributed by atoms with Gasteiger partial charge in [0.15, 0.2) is 9.84 Å². The molecule has 4 N–H and O–H groups in total. The number of nitrogen functional groups attached to an aromatic ring is 1. The summed E-state index contributed by atoms with van der Waals surface area (Å²) in [5.74, 6) is -0.511. The van der Waals surface area contributed by atoms with Gasteiger partial charge in [-0.3, -0.25) is 4.79 Å². The Morgan fingerprint density at radius 2 is 1.95 bits per heavy atom. The smallest absolute Gasteiger partial charge is 0.248 e. The lowest BCUT2D eigenvalue weighted by Gasteiger charge is -2.08. The van der Waals surface area contributed by atoms with Crippen LogP contribution < -0.4 is 11.5 Å². The molecule has 0 bridgehead atoms. The minimum atomic E-state index is -3.16. The molecule has 0 saturated carbocycles. The summed E-state index contributed by atoms with van der Waals surface area (Å²) in [6.07, 6.45) is 2.54. The predicted octanol–water partition coefficient (Wildman–Crippen LogP) is 1.47. The number of anilines is 1. The van der Waals surface area contributed by atoms with Crippen LogP contribution in [0.1, 0.15) is 42.1 Å². The van der Waals surface area contributed by atoms with Crippen LogP contribution in [0.4, 0.5) is 5.69 Å². The molecule has 0 radical (unpaired) electrons. The van der Waals surface area contributed by atoms with E-state index in [-0.39, 0.29) is 22.8 Å². The van der Waals surface area contributed by atoms with Crippen LogP contribution in [0, 0.1) is 0 Å². The highest BCUT2D eigenvalue weighted by Gasteiger charge is 2.14. The van der Waals surface area contributed by atoms with E-state index in [9.17, 15) is 13.2 Å². The maximum Gasteiger partial charge on any atom is 0.248 e. The molecule has 0 atom stereocenters. The van der Waals surface area contributed by atoms with Crippen molar-refractivity contribution in [2.45, 2.75) is 31.9 Å². The molecule has 1 amide bonds. The molecule has 0 fully saturated rings. The first kappa shape index (κ1) is 15.5. The van der Waals surface area contributed by atoms with E-state index in [1.807, 2.05) is 6.92 Å². The van der Waals surface area contributed by atoms with Crippen LogP contribution in [0.2, 0.25) is 0 Å². The van der Waals surface area contributed by atoms with Crippen molar-refractivity contribution in [3.05, 3.63) is 29.3 Å². The van der Waals surface area contributed by atoms with Crippen molar-refractivity contribution in [2.24, 2.45) is 5.73 Å². The molecular formula is C13H20N2O3S. The molecule has 1 aromatic rings. The van der Waals surface area contributed by atoms with Crippen LogP contribution in [0.15, 0.2) is 18.2 Å². The van der Waals surface area contributed by atoms with Crippen molar-refractivity contribution >= 4 is 21.4 Å². The Morgan fingerprint density at radius 1 is 1.26 bits per heavy atom. The first-order chi connectivity index (χ1) is 8.85. The molecule has 19 heavy (non-hydrogen) atoms. The zero-order valence-corrected chi connectivity index (χ0v) is 11.9. The molecule has 0 aliphatic rings. The Hall–Kier alpha value is -1.56. The molecule has 106 valence electrons. The standard InChI is InChI=1S/C13H20N2O3S/c1-2-3-4-7-19(17,18)9-11-6-5-10(13(15)16)8-12(11)14/h5-6,8H,2-4,7,9,14H2,1H3,(H2,15,16). The summed E-state index contributed by atoms with van der Waals surface area (Å²) in [6.45, 7) is 2.02. The number of nitrogens with two attached hydrogens (primary N) is 2. The lowest BCUT2D eigenvalue weighted by molar-refractivity contribution is 0.100. The summed E-state index contributed by atoms with van der Waals surface area (Å²) in [5.41, 5.74) is 12.0. The molecule has 0 aliphatic heterocycles. The third-order valence-electron chi connectivity index (χ3n) is 2.86. The average Bonchev–Trinajstić information content (AvgIpc) is 2.31. The quantitative estimate of drug-likeness (QED) is 0.584. The molecule has 0 saturated heterocycles. The number of carbonyl (C=O) groups excluding carboxylic acids is 1. The first-order valence-electron chi connectivity index (χ1n) is 6.24. The predicted molar refractivity (Wildman–Crippen MR) is 76.4 cm³/mol. The van der Waals surface area contributed by atoms with Gasteiger partial charge in [-0.25, -0.2) is 8.42 Å². The van der Waals surface area contributed by atoms with E-state index in [0.717, 1.165) is 12.8 Å². The van der Waals surface area contributed by atoms with Crippen LogP contribution in [-0.2, 0) is 15.6 Å². The number of unbranched alkanes of at least 4 members (excludes halogenated alkanes) is 2. The summed E-state index contributed by atoms with van der Waals surface area (Å²) in [5, 5.41) is 0. The maximum absolute atomic E-state index is 11.9. The normalized spacial score (nSPS) is 11.4. The van der Waals surface area contributed by atoms with E-state index >= 15 is 0 Å². The molecule has 1 rings (SSSR count). The lowest BCUT2D eigenvalue weighted by atomic mass is 10.1. The number of amides is 1. The number of sulfone groups is 1. The summed E-state index contributed by atoms with van der Waals surface area (Å²) < 4.78 is 23.8. The van der Waals surface area contributed by atoms with Crippen molar-refractivity contribution in [2.75, 3.05) is 11.5 Å². The third kappa shape index (κ3) is 4.90. The average molecular weight is 284 g/mol. The van der Waals surface area contributed by atoms with Crippen LogP contribution in [0.25, 0.3) is 0 Å². The fourth-order valence-corrected chi connectivity index (χ4v) is 3.29. The second-order valence-corrected chi connectivity index (χ2v) is 6.76. The molecule has 0 unspecified atom stereocenters. The van der Waals surface area contributed by atoms with E-state index in [1.165, 1.54) is 12.1 Å². The van der Waals surface area contributed by atoms with Gasteiger partial charge in [0.25, 0.3) is 0 Å². The number of hydrogen-bond donors (Lipinski definition) is 2. The molecule has 6 heteroatoms. The van der Waals surface area contributed by atoms with Crippen LogP contribution >= 0.6 is 0 Å². The van der Waals surface area contributed by atoms with Crippen molar-refractivity contribution in [3.63, 3.8) is 0 Å². The minimum Gasteiger partial charge on any atom is -0.398 e. The van der Waals surface area contributed by atoms with Gasteiger partial charge in [0.05, 0.1) is 11.5 Å². The van der Waals surface area contributed by atoms with Gasteiger partial charge in [0.1, 0.15) is 0 Å². The summed E-state index contributed by atoms with van der Waals surface area (Å²) >= 11 is 0. The van der Waals surface area contributed by atoms with Crippen molar-refractivity contribution in [1.29, 1.82) is 0 Å². The Balaban J connectivity index is 2.79. The van der Waals surface area contributed by atoms with E-state index in [2.05, 4.69) is 0 Å². The van der Waals surface area contributed by atoms with Gasteiger partial charge in [-0.05, 0) is 24.1 Å². The van der Waals surface area contributed by atoms with Gasteiger partial charge in [-0.2, -0.15) is 0 Å². The molecule has 5 nitrogen and oxygen atoms in total. The number of carbonyl (C=O) groups is 1. The van der Waals surface area contributed by atoms with Crippen molar-refractivity contribution in [1.82, 2.24) is 0 Å². The topological polar surface area (TPSA) is 103 Å². The molecular weight excluding hydrogens is 264 g/mol. The molecule has 0 spiro atoms. The summed E-state index contributed by atoms with van der Waals surface area (Å²) in [6, 6.07) is 4.46. The highest BCUT2D eigenvalue weighted by atomic mass is 32.2. The van der Waals surface area contributed by atoms with E-state index in [4.69, 9.17) is 11.5 Å². The van der Waals surface area contributed by atoms with Crippen molar-refractivity contribution in [3.8, 4) is 0 Å². The van der Waals surface area contributed by atoms with E-state index in [1.54, 1.807) is 6.07 Å². The number of benzene rings is 1. The zero-order chi connectivity index (χ0) is 14.5. The fourth-order valence-electron chi connectivity index (χ4n) is 1.76. The van der Waals surface area contributed by atoms with E-state index in [0.29, 0.717) is 12.0 Å². The van der Waals surface area contributed by atoms with Gasteiger partial charge in [0.2, 0.25) is 5.91 Å². The van der Waals surface area contributed by atoms with Gasteiger partial charge < -0.3 is 11.5 Å². The number of primary amides is 1. The second-order valence-electron chi connectivity index (χ2n) is 4.58. The maximum atomic E-state index is 11.9. The second kappa shape index (κ2) is 6.56. The SMILES string of the molecule is CCCCCS(=O)(=O)Cc1ccc(C(N)=O)cc1N. The largest absolute Gasteiger partial charge is 0.398 e. The Kier molecular flexibility index (Phi) is 5.35. The molecule has 0 aliphatic carbocycles. The summed E-state index contributed by atoms with van der Waals surface area (Å²) in [7, 11) is -3.16. The van der Waals surface area contributed by atoms with Crippen LogP contribution in [-0.4, -0.2) is 20.1 Å². The number of rotatable bonds is 7. The molecule has 1 aromatic carbocycles. The molecule has 0 aromatic heterocycles. The van der Waals surface area contributed by atoms with E-state index < -0.39 is 15.7 Å². The fraction of sp³-hybridized carbons (Fsp3) is 0.462. The Bertz CT molecular complexity index is 553. The van der Waals surface area contributed by atoms with Gasteiger partial charge in [-0.15, -0.1) is 0 Å². The van der Waals surface area contributed by atoms with Crippen LogP contribution in [0.3, 0.4) is 0 Å². The Morgan fingerprint density at radius 3 is 2.47 bits per heavy atom. The third-order valence-corrected chi connectivity index (χ3v) is 4.53. The van der Waals surface area contributed by atoms with Gasteiger partial charge in [0, 0.05) is 11.3 Å². The lowest BCUT2D eigenvalue weighted by Crippen LogP contribution is -2.14. The minimum absolute atomic E-state index is 0.0956.